The number of benzene rings is 1. The molecule has 1 atom stereocenters. The molecule has 2 aromatic rings. The van der Waals surface area contributed by atoms with Crippen LogP contribution in [0.2, 0.25) is 0 Å². The number of amides is 2. The van der Waals surface area contributed by atoms with E-state index in [4.69, 9.17) is 4.42 Å². The summed E-state index contributed by atoms with van der Waals surface area (Å²) in [5, 5.41) is 2.88. The lowest BCUT2D eigenvalue weighted by molar-refractivity contribution is -0.126. The fourth-order valence-corrected chi connectivity index (χ4v) is 3.17. The van der Waals surface area contributed by atoms with E-state index in [0.29, 0.717) is 25.1 Å². The van der Waals surface area contributed by atoms with Gasteiger partial charge in [0, 0.05) is 12.1 Å². The number of nitrogens with zero attached hydrogens (tertiary/aromatic N) is 1. The molecule has 1 unspecified atom stereocenters. The molecule has 0 fully saturated rings. The third kappa shape index (κ3) is 3.35. The van der Waals surface area contributed by atoms with Crippen molar-refractivity contribution in [1.29, 1.82) is 0 Å². The highest BCUT2D eigenvalue weighted by Gasteiger charge is 2.32. The van der Waals surface area contributed by atoms with Crippen molar-refractivity contribution >= 4 is 17.5 Å². The largest absolute Gasteiger partial charge is 0.467 e. The molecule has 1 aromatic heterocycles. The quantitative estimate of drug-likeness (QED) is 0.918. The van der Waals surface area contributed by atoms with Crippen molar-refractivity contribution in [3.8, 4) is 0 Å². The third-order valence-electron chi connectivity index (χ3n) is 4.37. The second-order valence-electron chi connectivity index (χ2n) is 5.97. The average Bonchev–Trinajstić information content (AvgIpc) is 3.06. The number of para-hydroxylation sites is 1. The van der Waals surface area contributed by atoms with Gasteiger partial charge in [-0.15, -0.1) is 0 Å². The number of fused-ring (bicyclic) bond motifs is 1. The van der Waals surface area contributed by atoms with Gasteiger partial charge in [0.2, 0.25) is 11.8 Å². The summed E-state index contributed by atoms with van der Waals surface area (Å²) in [6.45, 7) is 2.25. The topological polar surface area (TPSA) is 62.6 Å². The Morgan fingerprint density at radius 2 is 2.08 bits per heavy atom. The second-order valence-corrected chi connectivity index (χ2v) is 5.97. The summed E-state index contributed by atoms with van der Waals surface area (Å²) >= 11 is 0. The Bertz CT molecular complexity index is 709. The smallest absolute Gasteiger partial charge is 0.243 e. The molecule has 1 aliphatic heterocycles. The molecular weight excluding hydrogens is 304 g/mol. The number of rotatable bonds is 5. The van der Waals surface area contributed by atoms with Gasteiger partial charge in [0.25, 0.3) is 0 Å². The Morgan fingerprint density at radius 3 is 2.83 bits per heavy atom. The lowest BCUT2D eigenvalue weighted by Gasteiger charge is -2.30. The maximum atomic E-state index is 12.7. The number of hydrogen-bond donors (Lipinski definition) is 1. The van der Waals surface area contributed by atoms with Crippen LogP contribution in [-0.2, 0) is 22.6 Å². The van der Waals surface area contributed by atoms with E-state index in [2.05, 4.69) is 5.32 Å². The summed E-state index contributed by atoms with van der Waals surface area (Å²) in [5.41, 5.74) is 1.99. The second kappa shape index (κ2) is 7.34. The Kier molecular flexibility index (Phi) is 4.99. The van der Waals surface area contributed by atoms with Crippen LogP contribution in [0.4, 0.5) is 5.69 Å². The summed E-state index contributed by atoms with van der Waals surface area (Å²) in [4.78, 5) is 27.0. The molecule has 2 amide bonds. The molecule has 0 radical (unpaired) electrons. The Morgan fingerprint density at radius 1 is 1.25 bits per heavy atom. The fraction of sp³-hybridized carbons (Fsp3) is 0.368. The predicted octanol–water partition coefficient (Wildman–Crippen LogP) is 3.04. The van der Waals surface area contributed by atoms with E-state index in [1.54, 1.807) is 17.2 Å². The standard InChI is InChI=1S/C19H22N2O3/c1-2-16(19(23)20-13-15-9-6-12-24-15)21-17-10-4-3-7-14(17)8-5-11-18(21)22/h3-4,6-7,9-10,12,16H,2,5,8,11,13H2,1H3,(H,20,23). The molecule has 24 heavy (non-hydrogen) atoms. The predicted molar refractivity (Wildman–Crippen MR) is 91.5 cm³/mol. The van der Waals surface area contributed by atoms with E-state index in [-0.39, 0.29) is 11.8 Å². The molecule has 0 saturated heterocycles. The van der Waals surface area contributed by atoms with Crippen LogP contribution in [0.3, 0.4) is 0 Å². The first-order valence-corrected chi connectivity index (χ1v) is 8.40. The number of furan rings is 1. The molecule has 1 N–H and O–H groups in total. The number of hydrogen-bond acceptors (Lipinski definition) is 3. The van der Waals surface area contributed by atoms with Crippen LogP contribution in [0.1, 0.15) is 37.5 Å². The van der Waals surface area contributed by atoms with Crippen LogP contribution in [0.25, 0.3) is 0 Å². The molecule has 3 rings (SSSR count). The first kappa shape index (κ1) is 16.3. The van der Waals surface area contributed by atoms with E-state index >= 15 is 0 Å². The number of nitrogens with one attached hydrogen (secondary N) is 1. The summed E-state index contributed by atoms with van der Waals surface area (Å²) in [5.74, 6) is 0.555. The van der Waals surface area contributed by atoms with Crippen molar-refractivity contribution in [3.05, 3.63) is 54.0 Å². The zero-order chi connectivity index (χ0) is 16.9. The van der Waals surface area contributed by atoms with Gasteiger partial charge < -0.3 is 9.73 Å². The van der Waals surface area contributed by atoms with E-state index in [0.717, 1.165) is 24.1 Å². The van der Waals surface area contributed by atoms with Gasteiger partial charge in [0.15, 0.2) is 0 Å². The number of carbonyl (C=O) groups is 2. The van der Waals surface area contributed by atoms with Gasteiger partial charge >= 0.3 is 0 Å². The van der Waals surface area contributed by atoms with Crippen molar-refractivity contribution in [2.45, 2.75) is 45.2 Å². The normalized spacial score (nSPS) is 15.5. The van der Waals surface area contributed by atoms with Crippen molar-refractivity contribution in [1.82, 2.24) is 5.32 Å². The Balaban J connectivity index is 1.82. The van der Waals surface area contributed by atoms with Gasteiger partial charge in [-0.2, -0.15) is 0 Å². The first-order valence-electron chi connectivity index (χ1n) is 8.40. The SMILES string of the molecule is CCC(C(=O)NCc1ccco1)N1C(=O)CCCc2ccccc21. The molecular formula is C19H22N2O3. The highest BCUT2D eigenvalue weighted by molar-refractivity contribution is 6.01. The number of anilines is 1. The van der Waals surface area contributed by atoms with Crippen LogP contribution >= 0.6 is 0 Å². The number of aryl methyl sites for hydroxylation is 1. The Labute approximate surface area is 141 Å². The van der Waals surface area contributed by atoms with Gasteiger partial charge in [-0.3, -0.25) is 14.5 Å². The zero-order valence-electron chi connectivity index (χ0n) is 13.8. The van der Waals surface area contributed by atoms with Crippen LogP contribution in [-0.4, -0.2) is 17.9 Å². The van der Waals surface area contributed by atoms with Crippen LogP contribution in [0, 0.1) is 0 Å². The average molecular weight is 326 g/mol. The van der Waals surface area contributed by atoms with Crippen molar-refractivity contribution in [2.24, 2.45) is 0 Å². The van der Waals surface area contributed by atoms with Crippen LogP contribution in [0.15, 0.2) is 47.1 Å². The van der Waals surface area contributed by atoms with E-state index < -0.39 is 6.04 Å². The zero-order valence-corrected chi connectivity index (χ0v) is 13.8. The summed E-state index contributed by atoms with van der Waals surface area (Å²) < 4.78 is 5.24. The lowest BCUT2D eigenvalue weighted by atomic mass is 10.1. The lowest BCUT2D eigenvalue weighted by Crippen LogP contribution is -2.49. The van der Waals surface area contributed by atoms with Gasteiger partial charge in [0.1, 0.15) is 11.8 Å². The van der Waals surface area contributed by atoms with Crippen LogP contribution < -0.4 is 10.2 Å². The first-order chi connectivity index (χ1) is 11.7. The molecule has 0 aliphatic carbocycles. The maximum absolute atomic E-state index is 12.7. The molecule has 0 spiro atoms. The fourth-order valence-electron chi connectivity index (χ4n) is 3.17. The van der Waals surface area contributed by atoms with Crippen molar-refractivity contribution in [2.75, 3.05) is 4.90 Å². The van der Waals surface area contributed by atoms with Crippen molar-refractivity contribution < 1.29 is 14.0 Å². The minimum Gasteiger partial charge on any atom is -0.467 e. The van der Waals surface area contributed by atoms with Crippen LogP contribution in [0.5, 0.6) is 0 Å². The monoisotopic (exact) mass is 326 g/mol. The Hall–Kier alpha value is -2.56. The minimum atomic E-state index is -0.508. The minimum absolute atomic E-state index is 0.0138. The van der Waals surface area contributed by atoms with Gasteiger partial charge in [0.05, 0.1) is 12.8 Å². The molecule has 0 saturated carbocycles. The number of carbonyl (C=O) groups excluding carboxylic acids is 2. The van der Waals surface area contributed by atoms with Gasteiger partial charge in [-0.25, -0.2) is 0 Å². The summed E-state index contributed by atoms with van der Waals surface area (Å²) in [6, 6.07) is 10.9. The molecule has 5 heteroatoms. The molecule has 2 heterocycles. The van der Waals surface area contributed by atoms with Crippen molar-refractivity contribution in [3.63, 3.8) is 0 Å². The van der Waals surface area contributed by atoms with E-state index in [1.807, 2.05) is 37.3 Å². The molecule has 1 aromatic carbocycles. The molecule has 5 nitrogen and oxygen atoms in total. The molecule has 126 valence electrons. The van der Waals surface area contributed by atoms with Gasteiger partial charge in [-0.05, 0) is 43.0 Å². The molecule has 1 aliphatic rings. The summed E-state index contributed by atoms with van der Waals surface area (Å²) in [7, 11) is 0. The maximum Gasteiger partial charge on any atom is 0.243 e. The van der Waals surface area contributed by atoms with E-state index in [9.17, 15) is 9.59 Å². The molecule has 0 bridgehead atoms. The highest BCUT2D eigenvalue weighted by atomic mass is 16.3. The summed E-state index contributed by atoms with van der Waals surface area (Å²) in [6.07, 6.45) is 4.29. The van der Waals surface area contributed by atoms with E-state index in [1.165, 1.54) is 0 Å². The third-order valence-corrected chi connectivity index (χ3v) is 4.37. The highest BCUT2D eigenvalue weighted by Crippen LogP contribution is 2.29. The van der Waals surface area contributed by atoms with Gasteiger partial charge in [-0.1, -0.05) is 25.1 Å².